The first-order valence-electron chi connectivity index (χ1n) is 11.9. The lowest BCUT2D eigenvalue weighted by molar-refractivity contribution is 0.0413. The number of H-pyrrole nitrogens is 1. The third-order valence-corrected chi connectivity index (χ3v) is 6.59. The van der Waals surface area contributed by atoms with Crippen molar-refractivity contribution in [3.8, 4) is 46.2 Å². The second kappa shape index (κ2) is 9.53. The van der Waals surface area contributed by atoms with Gasteiger partial charge in [-0.25, -0.2) is 4.79 Å². The van der Waals surface area contributed by atoms with E-state index < -0.39 is 12.0 Å². The number of rotatable bonds is 4. The van der Waals surface area contributed by atoms with E-state index in [0.717, 1.165) is 5.56 Å². The summed E-state index contributed by atoms with van der Waals surface area (Å²) < 4.78 is 33.1. The number of carbonyl (C=O) groups excluding carboxylic acids is 1. The molecule has 0 unspecified atom stereocenters. The Morgan fingerprint density at radius 1 is 1.16 bits per heavy atom. The van der Waals surface area contributed by atoms with Crippen LogP contribution in [-0.4, -0.2) is 61.4 Å². The van der Waals surface area contributed by atoms with E-state index in [-0.39, 0.29) is 29.9 Å². The summed E-state index contributed by atoms with van der Waals surface area (Å²) in [7, 11) is 1.48. The number of amides is 1. The minimum absolute atomic E-state index is 0.0458. The van der Waals surface area contributed by atoms with Crippen LogP contribution in [0.5, 0.6) is 28.9 Å². The molecule has 0 aliphatic carbocycles. The topological polar surface area (TPSA) is 154 Å². The van der Waals surface area contributed by atoms with Gasteiger partial charge < -0.3 is 39.1 Å². The Hall–Kier alpha value is -4.89. The van der Waals surface area contributed by atoms with Crippen molar-refractivity contribution in [2.24, 2.45) is 5.73 Å². The van der Waals surface area contributed by atoms with E-state index in [1.165, 1.54) is 7.11 Å². The van der Waals surface area contributed by atoms with Gasteiger partial charge in [-0.2, -0.15) is 5.26 Å². The van der Waals surface area contributed by atoms with Crippen molar-refractivity contribution in [2.45, 2.75) is 5.92 Å². The summed E-state index contributed by atoms with van der Waals surface area (Å²) >= 11 is 0. The smallest absolute Gasteiger partial charge is 0.415 e. The molecule has 2 aromatic carbocycles. The Kier molecular flexibility index (Phi) is 5.89. The van der Waals surface area contributed by atoms with Crippen LogP contribution in [0, 0.1) is 11.3 Å². The molecule has 1 fully saturated rings. The van der Waals surface area contributed by atoms with Crippen LogP contribution in [0.4, 0.5) is 4.79 Å². The number of fused-ring (bicyclic) bond motifs is 2. The number of benzene rings is 2. The molecule has 12 nitrogen and oxygen atoms in total. The van der Waals surface area contributed by atoms with Gasteiger partial charge in [-0.3, -0.25) is 5.10 Å². The molecular formula is C26H23N5O7. The molecule has 38 heavy (non-hydrogen) atoms. The molecule has 1 amide bonds. The lowest BCUT2D eigenvalue weighted by Gasteiger charge is -2.27. The molecule has 194 valence electrons. The first-order valence-corrected chi connectivity index (χ1v) is 11.9. The maximum atomic E-state index is 12.7. The van der Waals surface area contributed by atoms with Crippen molar-refractivity contribution in [3.05, 3.63) is 59.0 Å². The molecule has 1 aromatic heterocycles. The molecule has 0 bridgehead atoms. The first-order chi connectivity index (χ1) is 18.6. The number of nitrogens with two attached hydrogens (primary N) is 1. The number of allylic oxidation sites excluding steroid dienone is 1. The van der Waals surface area contributed by atoms with Crippen LogP contribution >= 0.6 is 0 Å². The normalized spacial score (nSPS) is 17.9. The maximum absolute atomic E-state index is 12.7. The quantitative estimate of drug-likeness (QED) is 0.528. The second-order valence-electron chi connectivity index (χ2n) is 8.69. The summed E-state index contributed by atoms with van der Waals surface area (Å²) in [5, 5.41) is 17.4. The Morgan fingerprint density at radius 3 is 2.76 bits per heavy atom. The predicted octanol–water partition coefficient (Wildman–Crippen LogP) is 2.86. The van der Waals surface area contributed by atoms with Crippen LogP contribution in [0.2, 0.25) is 0 Å². The lowest BCUT2D eigenvalue weighted by atomic mass is 9.83. The van der Waals surface area contributed by atoms with E-state index in [1.807, 2.05) is 12.1 Å². The minimum Gasteiger partial charge on any atom is -0.493 e. The second-order valence-corrected chi connectivity index (χ2v) is 8.69. The van der Waals surface area contributed by atoms with E-state index >= 15 is 0 Å². The first kappa shape index (κ1) is 23.5. The molecule has 12 heteroatoms. The Labute approximate surface area is 217 Å². The molecule has 3 aromatic rings. The molecule has 3 aliphatic heterocycles. The number of ether oxygens (including phenoxy) is 6. The largest absolute Gasteiger partial charge is 0.493 e. The summed E-state index contributed by atoms with van der Waals surface area (Å²) in [6, 6.07) is 12.8. The van der Waals surface area contributed by atoms with Gasteiger partial charge in [0.25, 0.3) is 0 Å². The van der Waals surface area contributed by atoms with Crippen molar-refractivity contribution >= 4 is 6.09 Å². The number of hydrogen-bond acceptors (Lipinski definition) is 10. The zero-order chi connectivity index (χ0) is 26.2. The highest BCUT2D eigenvalue weighted by Gasteiger charge is 2.36. The van der Waals surface area contributed by atoms with Crippen LogP contribution in [0.15, 0.2) is 47.9 Å². The van der Waals surface area contributed by atoms with Gasteiger partial charge in [-0.15, -0.1) is 5.10 Å². The third kappa shape index (κ3) is 3.99. The Balaban J connectivity index is 1.39. The van der Waals surface area contributed by atoms with E-state index in [1.54, 1.807) is 29.2 Å². The number of morpholine rings is 1. The number of aromatic amines is 1. The van der Waals surface area contributed by atoms with Crippen molar-refractivity contribution in [3.63, 3.8) is 0 Å². The third-order valence-electron chi connectivity index (χ3n) is 6.59. The summed E-state index contributed by atoms with van der Waals surface area (Å²) in [5.41, 5.74) is 9.02. The number of nitrogens with one attached hydrogen (secondary N) is 1. The van der Waals surface area contributed by atoms with Gasteiger partial charge in [0.15, 0.2) is 23.0 Å². The number of nitriles is 1. The monoisotopic (exact) mass is 517 g/mol. The number of methoxy groups -OCH3 is 1. The fourth-order valence-electron chi connectivity index (χ4n) is 4.70. The molecule has 3 aliphatic rings. The minimum atomic E-state index is -0.638. The highest BCUT2D eigenvalue weighted by Crippen LogP contribution is 2.48. The zero-order valence-electron chi connectivity index (χ0n) is 20.4. The highest BCUT2D eigenvalue weighted by atomic mass is 16.7. The van der Waals surface area contributed by atoms with Crippen LogP contribution in [0.3, 0.4) is 0 Å². The maximum Gasteiger partial charge on any atom is 0.415 e. The van der Waals surface area contributed by atoms with Crippen LogP contribution in [0.1, 0.15) is 17.0 Å². The number of carbonyl (C=O) groups is 1. The molecule has 1 saturated heterocycles. The standard InChI is InChI=1S/C26H23N5O7/c1-33-19-10-14(2-5-18(19)37-26(32)31-6-8-34-9-7-31)21-16(12-27)24(28)38-25-22(21)23(29-30-25)15-3-4-17-20(11-15)36-13-35-17/h2-5,10-11,21H,6-9,13,28H2,1H3,(H,29,30)/t21-/m0/s1. The van der Waals surface area contributed by atoms with Crippen LogP contribution in [-0.2, 0) is 4.74 Å². The SMILES string of the molecule is COc1cc([C@H]2C(C#N)=C(N)Oc3n[nH]c(-c4ccc5c(c4)OCO5)c32)ccc1OC(=O)N1CCOCC1. The molecule has 4 heterocycles. The van der Waals surface area contributed by atoms with Gasteiger partial charge >= 0.3 is 6.09 Å². The van der Waals surface area contributed by atoms with Crippen LogP contribution in [0.25, 0.3) is 11.3 Å². The fourth-order valence-corrected chi connectivity index (χ4v) is 4.70. The summed E-state index contributed by atoms with van der Waals surface area (Å²) in [6.07, 6.45) is -0.491. The molecule has 1 atom stereocenters. The van der Waals surface area contributed by atoms with Gasteiger partial charge in [0, 0.05) is 18.7 Å². The predicted molar refractivity (Wildman–Crippen MR) is 131 cm³/mol. The summed E-state index contributed by atoms with van der Waals surface area (Å²) in [6.45, 7) is 1.95. The molecule has 0 radical (unpaired) electrons. The van der Waals surface area contributed by atoms with Gasteiger partial charge in [0.05, 0.1) is 37.5 Å². The number of nitrogens with zero attached hydrogens (tertiary/aromatic N) is 3. The molecule has 0 saturated carbocycles. The summed E-state index contributed by atoms with van der Waals surface area (Å²) in [4.78, 5) is 14.2. The molecular weight excluding hydrogens is 494 g/mol. The van der Waals surface area contributed by atoms with Gasteiger partial charge in [0.1, 0.15) is 11.6 Å². The molecule has 3 N–H and O–H groups in total. The molecule has 0 spiro atoms. The van der Waals surface area contributed by atoms with Crippen molar-refractivity contribution < 1.29 is 33.2 Å². The average Bonchev–Trinajstić information content (AvgIpc) is 3.59. The van der Waals surface area contributed by atoms with E-state index in [4.69, 9.17) is 34.2 Å². The Bertz CT molecular complexity index is 1490. The zero-order valence-corrected chi connectivity index (χ0v) is 20.4. The van der Waals surface area contributed by atoms with Gasteiger partial charge in [-0.1, -0.05) is 6.07 Å². The van der Waals surface area contributed by atoms with Crippen LogP contribution < -0.4 is 29.4 Å². The highest BCUT2D eigenvalue weighted by molar-refractivity contribution is 5.74. The van der Waals surface area contributed by atoms with E-state index in [2.05, 4.69) is 16.3 Å². The van der Waals surface area contributed by atoms with Gasteiger partial charge in [0.2, 0.25) is 18.6 Å². The average molecular weight is 517 g/mol. The summed E-state index contributed by atoms with van der Waals surface area (Å²) in [5.74, 6) is 1.38. The van der Waals surface area contributed by atoms with E-state index in [0.29, 0.717) is 60.4 Å². The van der Waals surface area contributed by atoms with Crippen molar-refractivity contribution in [1.29, 1.82) is 5.26 Å². The molecule has 6 rings (SSSR count). The number of aromatic nitrogens is 2. The van der Waals surface area contributed by atoms with Crippen molar-refractivity contribution in [1.82, 2.24) is 15.1 Å². The lowest BCUT2D eigenvalue weighted by Crippen LogP contribution is -2.42. The number of hydrogen-bond donors (Lipinski definition) is 2. The van der Waals surface area contributed by atoms with Crippen molar-refractivity contribution in [2.75, 3.05) is 40.2 Å². The van der Waals surface area contributed by atoms with Gasteiger partial charge in [-0.05, 0) is 35.9 Å². The van der Waals surface area contributed by atoms with E-state index in [9.17, 15) is 10.1 Å². The Morgan fingerprint density at radius 2 is 1.97 bits per heavy atom. The fraction of sp³-hybridized carbons (Fsp3) is 0.269.